The molecule has 108 valence electrons. The molecule has 0 radical (unpaired) electrons. The fourth-order valence-electron chi connectivity index (χ4n) is 5.13. The monoisotopic (exact) mass is 272 g/mol. The molecule has 0 aromatic rings. The van der Waals surface area contributed by atoms with E-state index in [1.807, 2.05) is 0 Å². The van der Waals surface area contributed by atoms with E-state index in [0.29, 0.717) is 5.92 Å². The van der Waals surface area contributed by atoms with Gasteiger partial charge in [-0.3, -0.25) is 0 Å². The van der Waals surface area contributed by atoms with Crippen molar-refractivity contribution >= 4 is 0 Å². The van der Waals surface area contributed by atoms with Crippen molar-refractivity contribution in [3.05, 3.63) is 35.5 Å². The van der Waals surface area contributed by atoms with Crippen LogP contribution in [0.4, 0.5) is 0 Å². The SMILES string of the molecule is C=C1CCC2=C(CCC3(C)C2CCC32OCCO2)C1=C. The van der Waals surface area contributed by atoms with Gasteiger partial charge in [-0.25, -0.2) is 0 Å². The summed E-state index contributed by atoms with van der Waals surface area (Å²) in [7, 11) is 0. The highest BCUT2D eigenvalue weighted by molar-refractivity contribution is 5.51. The molecule has 1 saturated carbocycles. The van der Waals surface area contributed by atoms with Gasteiger partial charge in [0.2, 0.25) is 0 Å². The highest BCUT2D eigenvalue weighted by Gasteiger charge is 2.62. The summed E-state index contributed by atoms with van der Waals surface area (Å²) in [6.07, 6.45) is 6.79. The maximum absolute atomic E-state index is 6.12. The predicted octanol–water partition coefficient (Wildman–Crippen LogP) is 4.14. The van der Waals surface area contributed by atoms with Gasteiger partial charge in [0.15, 0.2) is 5.79 Å². The third-order valence-corrected chi connectivity index (χ3v) is 6.34. The number of rotatable bonds is 0. The lowest BCUT2D eigenvalue weighted by atomic mass is 9.61. The normalized spacial score (nSPS) is 39.4. The van der Waals surface area contributed by atoms with Gasteiger partial charge in [0, 0.05) is 11.8 Å². The summed E-state index contributed by atoms with van der Waals surface area (Å²) < 4.78 is 12.2. The van der Waals surface area contributed by atoms with E-state index in [4.69, 9.17) is 9.47 Å². The predicted molar refractivity (Wildman–Crippen MR) is 79.2 cm³/mol. The van der Waals surface area contributed by atoms with E-state index < -0.39 is 0 Å². The van der Waals surface area contributed by atoms with Crippen LogP contribution < -0.4 is 0 Å². The zero-order valence-electron chi connectivity index (χ0n) is 12.5. The van der Waals surface area contributed by atoms with Crippen molar-refractivity contribution in [2.45, 2.75) is 51.2 Å². The third kappa shape index (κ3) is 1.42. The highest BCUT2D eigenvalue weighted by atomic mass is 16.7. The molecular formula is C18H24O2. The van der Waals surface area contributed by atoms with Crippen molar-refractivity contribution in [1.82, 2.24) is 0 Å². The number of hydrogen-bond donors (Lipinski definition) is 0. The van der Waals surface area contributed by atoms with Gasteiger partial charge in [-0.1, -0.05) is 25.7 Å². The Bertz CT molecular complexity index is 522. The molecule has 0 aromatic carbocycles. The Morgan fingerprint density at radius 1 is 1.05 bits per heavy atom. The molecule has 0 aromatic heterocycles. The Balaban J connectivity index is 1.76. The van der Waals surface area contributed by atoms with Gasteiger partial charge in [0.25, 0.3) is 0 Å². The first kappa shape index (κ1) is 12.8. The molecule has 4 rings (SSSR count). The Morgan fingerprint density at radius 2 is 1.80 bits per heavy atom. The molecule has 1 spiro atoms. The van der Waals surface area contributed by atoms with Crippen molar-refractivity contribution in [2.75, 3.05) is 13.2 Å². The average Bonchev–Trinajstić information content (AvgIpc) is 3.02. The van der Waals surface area contributed by atoms with E-state index in [1.165, 1.54) is 29.6 Å². The molecular weight excluding hydrogens is 248 g/mol. The summed E-state index contributed by atoms with van der Waals surface area (Å²) in [5.74, 6) is 0.320. The number of ether oxygens (including phenoxy) is 2. The summed E-state index contributed by atoms with van der Waals surface area (Å²) in [6, 6.07) is 0. The van der Waals surface area contributed by atoms with E-state index in [-0.39, 0.29) is 11.2 Å². The van der Waals surface area contributed by atoms with Crippen LogP contribution in [0.2, 0.25) is 0 Å². The van der Waals surface area contributed by atoms with Crippen LogP contribution in [-0.2, 0) is 9.47 Å². The minimum atomic E-state index is -0.300. The van der Waals surface area contributed by atoms with Gasteiger partial charge in [-0.05, 0) is 54.7 Å². The summed E-state index contributed by atoms with van der Waals surface area (Å²) in [6.45, 7) is 12.4. The molecule has 1 heterocycles. The molecule has 2 fully saturated rings. The van der Waals surface area contributed by atoms with Crippen LogP contribution in [-0.4, -0.2) is 19.0 Å². The van der Waals surface area contributed by atoms with Crippen LogP contribution >= 0.6 is 0 Å². The Morgan fingerprint density at radius 3 is 2.55 bits per heavy atom. The van der Waals surface area contributed by atoms with E-state index in [1.54, 1.807) is 5.57 Å². The van der Waals surface area contributed by atoms with E-state index in [2.05, 4.69) is 20.1 Å². The van der Waals surface area contributed by atoms with E-state index in [9.17, 15) is 0 Å². The average molecular weight is 272 g/mol. The van der Waals surface area contributed by atoms with Crippen LogP contribution in [0.3, 0.4) is 0 Å². The molecule has 1 aliphatic heterocycles. The number of allylic oxidation sites excluding steroid dienone is 4. The molecule has 2 nitrogen and oxygen atoms in total. The first-order valence-electron chi connectivity index (χ1n) is 7.95. The lowest BCUT2D eigenvalue weighted by Gasteiger charge is -2.48. The standard InChI is InChI=1S/C18H24O2/c1-12-4-5-15-14(13(12)2)6-8-17(3)16(15)7-9-18(17)19-10-11-20-18/h16H,1-2,4-11H2,3H3. The fraction of sp³-hybridized carbons (Fsp3) is 0.667. The van der Waals surface area contributed by atoms with E-state index in [0.717, 1.165) is 38.9 Å². The largest absolute Gasteiger partial charge is 0.347 e. The molecule has 0 N–H and O–H groups in total. The summed E-state index contributed by atoms with van der Waals surface area (Å²) in [5, 5.41) is 0. The zero-order valence-corrected chi connectivity index (χ0v) is 12.5. The van der Waals surface area contributed by atoms with Gasteiger partial charge < -0.3 is 9.47 Å². The highest BCUT2D eigenvalue weighted by Crippen LogP contribution is 2.64. The van der Waals surface area contributed by atoms with Crippen molar-refractivity contribution in [3.8, 4) is 0 Å². The van der Waals surface area contributed by atoms with Crippen LogP contribution in [0.25, 0.3) is 0 Å². The van der Waals surface area contributed by atoms with Gasteiger partial charge in [0.05, 0.1) is 13.2 Å². The Hall–Kier alpha value is -0.860. The summed E-state index contributed by atoms with van der Waals surface area (Å²) >= 11 is 0. The second kappa shape index (κ2) is 4.08. The van der Waals surface area contributed by atoms with Gasteiger partial charge >= 0.3 is 0 Å². The Labute approximate surface area is 121 Å². The van der Waals surface area contributed by atoms with E-state index >= 15 is 0 Å². The quantitative estimate of drug-likeness (QED) is 0.659. The van der Waals surface area contributed by atoms with Gasteiger partial charge in [-0.15, -0.1) is 0 Å². The van der Waals surface area contributed by atoms with Crippen LogP contribution in [0.5, 0.6) is 0 Å². The molecule has 0 bridgehead atoms. The van der Waals surface area contributed by atoms with Crippen molar-refractivity contribution < 1.29 is 9.47 Å². The summed E-state index contributed by atoms with van der Waals surface area (Å²) in [4.78, 5) is 0. The maximum Gasteiger partial charge on any atom is 0.174 e. The van der Waals surface area contributed by atoms with Crippen molar-refractivity contribution in [2.24, 2.45) is 11.3 Å². The number of fused-ring (bicyclic) bond motifs is 3. The molecule has 3 aliphatic carbocycles. The third-order valence-electron chi connectivity index (χ3n) is 6.34. The maximum atomic E-state index is 6.12. The first-order chi connectivity index (χ1) is 9.57. The zero-order chi connectivity index (χ0) is 14.0. The lowest BCUT2D eigenvalue weighted by molar-refractivity contribution is -0.225. The summed E-state index contributed by atoms with van der Waals surface area (Å²) in [5.41, 5.74) is 5.78. The van der Waals surface area contributed by atoms with Crippen LogP contribution in [0.15, 0.2) is 35.5 Å². The molecule has 2 unspecified atom stereocenters. The number of hydrogen-bond acceptors (Lipinski definition) is 2. The van der Waals surface area contributed by atoms with Gasteiger partial charge in [0.1, 0.15) is 0 Å². The van der Waals surface area contributed by atoms with Crippen molar-refractivity contribution in [3.63, 3.8) is 0 Å². The molecule has 0 amide bonds. The molecule has 1 saturated heterocycles. The minimum Gasteiger partial charge on any atom is -0.347 e. The fourth-order valence-corrected chi connectivity index (χ4v) is 5.13. The molecule has 2 atom stereocenters. The minimum absolute atomic E-state index is 0.154. The second-order valence-electron chi connectivity index (χ2n) is 7.04. The van der Waals surface area contributed by atoms with Crippen LogP contribution in [0, 0.1) is 11.3 Å². The smallest absolute Gasteiger partial charge is 0.174 e. The van der Waals surface area contributed by atoms with Gasteiger partial charge in [-0.2, -0.15) is 0 Å². The first-order valence-corrected chi connectivity index (χ1v) is 7.95. The molecule has 2 heteroatoms. The van der Waals surface area contributed by atoms with Crippen LogP contribution in [0.1, 0.15) is 45.4 Å². The molecule has 4 aliphatic rings. The second-order valence-corrected chi connectivity index (χ2v) is 7.04. The lowest BCUT2D eigenvalue weighted by Crippen LogP contribution is -2.48. The molecule has 20 heavy (non-hydrogen) atoms. The Kier molecular flexibility index (Phi) is 2.62. The topological polar surface area (TPSA) is 18.5 Å². The van der Waals surface area contributed by atoms with Crippen molar-refractivity contribution in [1.29, 1.82) is 0 Å².